The van der Waals surface area contributed by atoms with Crippen LogP contribution in [0, 0.1) is 24.0 Å². The molecule has 6 nitrogen and oxygen atoms in total. The van der Waals surface area contributed by atoms with E-state index in [4.69, 9.17) is 0 Å². The normalized spacial score (nSPS) is 12.7. The first-order valence-corrected chi connectivity index (χ1v) is 6.20. The van der Waals surface area contributed by atoms with E-state index in [1.54, 1.807) is 17.8 Å². The van der Waals surface area contributed by atoms with Gasteiger partial charge >= 0.3 is 5.69 Å². The number of nitrogens with zero attached hydrogens (tertiary/aromatic N) is 3. The van der Waals surface area contributed by atoms with Crippen LogP contribution in [0.15, 0.2) is 12.4 Å². The lowest BCUT2D eigenvalue weighted by Crippen LogP contribution is -1.96. The number of aliphatic hydroxyl groups excluding tert-OH is 1. The maximum atomic E-state index is 11.0. The zero-order chi connectivity index (χ0) is 13.4. The van der Waals surface area contributed by atoms with Gasteiger partial charge in [-0.1, -0.05) is 0 Å². The highest BCUT2D eigenvalue weighted by Crippen LogP contribution is 2.36. The topological polar surface area (TPSA) is 81.2 Å². The molecule has 2 heterocycles. The molecule has 0 spiro atoms. The van der Waals surface area contributed by atoms with E-state index in [1.165, 1.54) is 17.4 Å². The van der Waals surface area contributed by atoms with Gasteiger partial charge in [-0.15, -0.1) is 11.3 Å². The predicted octanol–water partition coefficient (Wildman–Crippen LogP) is 2.51. The predicted molar refractivity (Wildman–Crippen MR) is 68.2 cm³/mol. The summed E-state index contributed by atoms with van der Waals surface area (Å²) < 4.78 is 1.68. The minimum atomic E-state index is -0.715. The maximum Gasteiger partial charge on any atom is 0.304 e. The number of imidazole rings is 1. The Morgan fingerprint density at radius 2 is 2.22 bits per heavy atom. The molecule has 0 aromatic carbocycles. The number of aromatic nitrogens is 2. The van der Waals surface area contributed by atoms with E-state index in [9.17, 15) is 15.2 Å². The van der Waals surface area contributed by atoms with Crippen molar-refractivity contribution in [2.75, 3.05) is 0 Å². The van der Waals surface area contributed by atoms with Crippen LogP contribution in [0.25, 0.3) is 5.00 Å². The van der Waals surface area contributed by atoms with Crippen LogP contribution in [0.1, 0.15) is 29.3 Å². The molecule has 1 N–H and O–H groups in total. The van der Waals surface area contributed by atoms with Crippen molar-refractivity contribution in [3.8, 4) is 5.00 Å². The monoisotopic (exact) mass is 267 g/mol. The molecule has 0 fully saturated rings. The Kier molecular flexibility index (Phi) is 3.18. The minimum Gasteiger partial charge on any atom is -0.388 e. The van der Waals surface area contributed by atoms with Gasteiger partial charge in [0.25, 0.3) is 0 Å². The van der Waals surface area contributed by atoms with Gasteiger partial charge in [0, 0.05) is 16.6 Å². The number of rotatable bonds is 3. The summed E-state index contributed by atoms with van der Waals surface area (Å²) in [4.78, 5) is 15.3. The molecule has 0 saturated heterocycles. The third-order valence-corrected chi connectivity index (χ3v) is 4.09. The van der Waals surface area contributed by atoms with Gasteiger partial charge in [-0.05, 0) is 20.8 Å². The van der Waals surface area contributed by atoms with Crippen LogP contribution in [0.5, 0.6) is 0 Å². The Bertz CT molecular complexity index is 601. The van der Waals surface area contributed by atoms with E-state index < -0.39 is 11.0 Å². The molecule has 0 saturated carbocycles. The molecule has 7 heteroatoms. The molecule has 0 unspecified atom stereocenters. The molecule has 2 aromatic heterocycles. The second-order valence-electron chi connectivity index (χ2n) is 4.06. The average molecular weight is 267 g/mol. The summed E-state index contributed by atoms with van der Waals surface area (Å²) in [6.07, 6.45) is 0.849. The smallest absolute Gasteiger partial charge is 0.304 e. The molecule has 0 bridgehead atoms. The molecule has 0 aliphatic heterocycles. The lowest BCUT2D eigenvalue weighted by molar-refractivity contribution is -0.384. The van der Waals surface area contributed by atoms with Gasteiger partial charge in [0.05, 0.1) is 16.7 Å². The third kappa shape index (κ3) is 2.02. The van der Waals surface area contributed by atoms with Crippen molar-refractivity contribution >= 4 is 17.0 Å². The van der Waals surface area contributed by atoms with Crippen molar-refractivity contribution < 1.29 is 10.0 Å². The number of aliphatic hydroxyl groups is 1. The highest BCUT2D eigenvalue weighted by Gasteiger charge is 2.23. The molecule has 0 amide bonds. The van der Waals surface area contributed by atoms with Gasteiger partial charge < -0.3 is 5.11 Å². The second-order valence-corrected chi connectivity index (χ2v) is 5.12. The van der Waals surface area contributed by atoms with Crippen LogP contribution >= 0.6 is 11.3 Å². The Balaban J connectivity index is 2.62. The average Bonchev–Trinajstić information content (AvgIpc) is 2.85. The molecule has 96 valence electrons. The summed E-state index contributed by atoms with van der Waals surface area (Å²) in [6.45, 7) is 5.29. The fraction of sp³-hybridized carbons (Fsp3) is 0.364. The molecule has 18 heavy (non-hydrogen) atoms. The van der Waals surface area contributed by atoms with Crippen LogP contribution in [-0.4, -0.2) is 19.6 Å². The third-order valence-electron chi connectivity index (χ3n) is 2.79. The zero-order valence-corrected chi connectivity index (χ0v) is 11.1. The number of aryl methyl sites for hydroxylation is 1. The molecule has 2 rings (SSSR count). The Labute approximate surface area is 108 Å². The largest absolute Gasteiger partial charge is 0.388 e. The van der Waals surface area contributed by atoms with E-state index in [0.717, 1.165) is 11.4 Å². The molecule has 0 radical (unpaired) electrons. The van der Waals surface area contributed by atoms with Crippen LogP contribution in [0.2, 0.25) is 0 Å². The van der Waals surface area contributed by atoms with Crippen molar-refractivity contribution in [1.29, 1.82) is 0 Å². The summed E-state index contributed by atoms with van der Waals surface area (Å²) in [7, 11) is 0. The summed E-state index contributed by atoms with van der Waals surface area (Å²) in [5, 5.41) is 21.1. The number of nitro groups is 1. The van der Waals surface area contributed by atoms with Crippen LogP contribution in [0.3, 0.4) is 0 Å². The quantitative estimate of drug-likeness (QED) is 0.684. The zero-order valence-electron chi connectivity index (χ0n) is 10.2. The summed E-state index contributed by atoms with van der Waals surface area (Å²) in [5.74, 6) is 0. The van der Waals surface area contributed by atoms with Crippen LogP contribution in [-0.2, 0) is 0 Å². The lowest BCUT2D eigenvalue weighted by Gasteiger charge is -2.01. The standard InChI is InChI=1S/C11H13N3O3S/c1-6-7(2)13(5-12-6)11-9(14(16)17)4-10(18-11)8(3)15/h4-5,8,15H,1-3H3/t8-/m0/s1. The molecular weight excluding hydrogens is 254 g/mol. The molecule has 1 atom stereocenters. The van der Waals surface area contributed by atoms with Crippen molar-refractivity contribution in [3.05, 3.63) is 38.8 Å². The first-order chi connectivity index (χ1) is 8.41. The van der Waals surface area contributed by atoms with Crippen molar-refractivity contribution in [2.24, 2.45) is 0 Å². The molecular formula is C11H13N3O3S. The van der Waals surface area contributed by atoms with Crippen LogP contribution in [0.4, 0.5) is 5.69 Å². The summed E-state index contributed by atoms with van der Waals surface area (Å²) >= 11 is 1.21. The molecule has 2 aromatic rings. The van der Waals surface area contributed by atoms with E-state index in [1.807, 2.05) is 13.8 Å². The van der Waals surface area contributed by atoms with Crippen molar-refractivity contribution in [2.45, 2.75) is 26.9 Å². The van der Waals surface area contributed by atoms with E-state index >= 15 is 0 Å². The van der Waals surface area contributed by atoms with Crippen molar-refractivity contribution in [1.82, 2.24) is 9.55 Å². The molecule has 0 aliphatic rings. The fourth-order valence-electron chi connectivity index (χ4n) is 1.60. The first kappa shape index (κ1) is 12.7. The minimum absolute atomic E-state index is 0.00333. The highest BCUT2D eigenvalue weighted by atomic mass is 32.1. The van der Waals surface area contributed by atoms with E-state index in [2.05, 4.69) is 4.98 Å². The maximum absolute atomic E-state index is 11.0. The van der Waals surface area contributed by atoms with Gasteiger partial charge in [0.2, 0.25) is 0 Å². The van der Waals surface area contributed by atoms with Gasteiger partial charge in [-0.3, -0.25) is 14.7 Å². The lowest BCUT2D eigenvalue weighted by atomic mass is 10.3. The van der Waals surface area contributed by atoms with Crippen molar-refractivity contribution in [3.63, 3.8) is 0 Å². The summed E-state index contributed by atoms with van der Waals surface area (Å²) in [6, 6.07) is 1.42. The number of thiophene rings is 1. The van der Waals surface area contributed by atoms with Gasteiger partial charge in [-0.25, -0.2) is 4.98 Å². The number of hydrogen-bond donors (Lipinski definition) is 1. The first-order valence-electron chi connectivity index (χ1n) is 5.39. The van der Waals surface area contributed by atoms with Gasteiger partial charge in [0.1, 0.15) is 6.33 Å². The number of hydrogen-bond acceptors (Lipinski definition) is 5. The van der Waals surface area contributed by atoms with Gasteiger partial charge in [0.15, 0.2) is 5.00 Å². The van der Waals surface area contributed by atoms with E-state index in [0.29, 0.717) is 9.88 Å². The van der Waals surface area contributed by atoms with E-state index in [-0.39, 0.29) is 5.69 Å². The highest BCUT2D eigenvalue weighted by molar-refractivity contribution is 7.15. The Morgan fingerprint density at radius 1 is 1.56 bits per heavy atom. The van der Waals surface area contributed by atoms with Crippen LogP contribution < -0.4 is 0 Å². The fourth-order valence-corrected chi connectivity index (χ4v) is 2.69. The second kappa shape index (κ2) is 4.51. The Hall–Kier alpha value is -1.73. The Morgan fingerprint density at radius 3 is 2.67 bits per heavy atom. The summed E-state index contributed by atoms with van der Waals surface area (Å²) in [5.41, 5.74) is 1.68. The van der Waals surface area contributed by atoms with Gasteiger partial charge in [-0.2, -0.15) is 0 Å². The molecule has 0 aliphatic carbocycles. The SMILES string of the molecule is Cc1ncn(-c2sc([C@H](C)O)cc2[N+](=O)[O-])c1C.